The molecule has 0 amide bonds. The summed E-state index contributed by atoms with van der Waals surface area (Å²) in [6, 6.07) is 43.9. The Morgan fingerprint density at radius 2 is 0.534 bits per heavy atom. The maximum absolute atomic E-state index is 13.4. The van der Waals surface area contributed by atoms with Gasteiger partial charge in [-0.25, -0.2) is 19.2 Å². The summed E-state index contributed by atoms with van der Waals surface area (Å²) in [5.41, 5.74) is 8.02. The molecule has 2 unspecified atom stereocenters. The lowest BCUT2D eigenvalue weighted by Gasteiger charge is -2.35. The minimum atomic E-state index is -1.34. The average molecular weight is 1640 g/mol. The lowest BCUT2D eigenvalue weighted by atomic mass is 9.66. The summed E-state index contributed by atoms with van der Waals surface area (Å²) in [6.07, 6.45) is 0. The highest BCUT2D eigenvalue weighted by molar-refractivity contribution is 5.96. The quantitative estimate of drug-likeness (QED) is 0.0193. The van der Waals surface area contributed by atoms with Gasteiger partial charge in [-0.05, 0) is 152 Å². The van der Waals surface area contributed by atoms with Gasteiger partial charge in [0.1, 0.15) is 60.6 Å². The molecule has 28 heteroatoms. The van der Waals surface area contributed by atoms with Gasteiger partial charge in [0.25, 0.3) is 0 Å². The summed E-state index contributed by atoms with van der Waals surface area (Å²) < 4.78 is 103. The molecule has 0 aromatic heterocycles. The van der Waals surface area contributed by atoms with Crippen LogP contribution in [0.25, 0.3) is 22.3 Å². The van der Waals surface area contributed by atoms with Crippen molar-refractivity contribution in [2.75, 3.05) is 212 Å². The van der Waals surface area contributed by atoms with Gasteiger partial charge in [-0.15, -0.1) is 0 Å². The van der Waals surface area contributed by atoms with Crippen LogP contribution < -0.4 is 18.9 Å². The average Bonchev–Trinajstić information content (AvgIpc) is 1.53. The zero-order chi connectivity index (χ0) is 83.5. The van der Waals surface area contributed by atoms with Crippen molar-refractivity contribution in [3.8, 4) is 45.3 Å². The molecule has 2 aliphatic carbocycles. The molecule has 0 spiro atoms. The second kappa shape index (κ2) is 47.1. The Labute approximate surface area is 686 Å². The predicted molar refractivity (Wildman–Crippen MR) is 432 cm³/mol. The summed E-state index contributed by atoms with van der Waals surface area (Å²) in [5, 5.41) is 61.8. The van der Waals surface area contributed by atoms with Crippen molar-refractivity contribution in [2.45, 2.75) is 37.9 Å². The number of fused-ring (bicyclic) bond motifs is 6. The van der Waals surface area contributed by atoms with Crippen LogP contribution in [0, 0.1) is 13.8 Å². The third-order valence-corrected chi connectivity index (χ3v) is 19.8. The maximum Gasteiger partial charge on any atom is 0.339 e. The number of aryl methyl sites for hydroxylation is 2. The molecule has 28 nitrogen and oxygen atoms in total. The molecule has 0 saturated heterocycles. The van der Waals surface area contributed by atoms with E-state index in [2.05, 4.69) is 0 Å². The number of aliphatic hydroxyl groups excluding tert-OH is 2. The minimum Gasteiger partial charge on any atom is -0.491 e. The van der Waals surface area contributed by atoms with E-state index in [0.717, 1.165) is 44.5 Å². The fraction of sp³-hybridized carbons (Fsp3) is 0.422. The van der Waals surface area contributed by atoms with E-state index in [4.69, 9.17) is 95.5 Å². The van der Waals surface area contributed by atoms with Crippen LogP contribution in [0.2, 0.25) is 0 Å². The van der Waals surface area contributed by atoms with E-state index >= 15 is 0 Å². The predicted octanol–water partition coefficient (Wildman–Crippen LogP) is 10.5. The van der Waals surface area contributed by atoms with Crippen molar-refractivity contribution in [3.63, 3.8) is 0 Å². The molecule has 6 N–H and O–H groups in total. The van der Waals surface area contributed by atoms with E-state index in [1.165, 1.54) is 0 Å². The topological polar surface area (TPSA) is 356 Å². The summed E-state index contributed by atoms with van der Waals surface area (Å²) in [4.78, 5) is 53.6. The van der Waals surface area contributed by atoms with Gasteiger partial charge in [0.15, 0.2) is 0 Å². The number of hydrogen-bond acceptors (Lipinski definition) is 24. The normalized spacial score (nSPS) is 14.4. The zero-order valence-corrected chi connectivity index (χ0v) is 67.1. The summed E-state index contributed by atoms with van der Waals surface area (Å²) >= 11 is 0. The van der Waals surface area contributed by atoms with Gasteiger partial charge in [0.05, 0.1) is 207 Å². The minimum absolute atomic E-state index is 0.0222. The largest absolute Gasteiger partial charge is 0.491 e. The first-order valence-corrected chi connectivity index (χ1v) is 39.2. The van der Waals surface area contributed by atoms with Crippen LogP contribution in [0.4, 0.5) is 0 Å². The van der Waals surface area contributed by atoms with Crippen LogP contribution in [-0.2, 0) is 90.4 Å². The Kier molecular flexibility index (Phi) is 36.1. The summed E-state index contributed by atoms with van der Waals surface area (Å²) in [7, 11) is 3.18. The number of carboxylic acids is 4. The maximum atomic E-state index is 13.4. The molecule has 0 heterocycles. The number of aromatic carboxylic acids is 4. The molecule has 0 bridgehead atoms. The van der Waals surface area contributed by atoms with Gasteiger partial charge < -0.3 is 116 Å². The van der Waals surface area contributed by atoms with Crippen molar-refractivity contribution < 1.29 is 135 Å². The first-order valence-electron chi connectivity index (χ1n) is 39.2. The Hall–Kier alpha value is -9.80. The smallest absolute Gasteiger partial charge is 0.339 e. The molecule has 2 atom stereocenters. The van der Waals surface area contributed by atoms with Crippen LogP contribution in [-0.4, -0.2) is 267 Å². The number of carboxylic acid groups (broad SMARTS) is 4. The third kappa shape index (κ3) is 23.6. The number of methoxy groups -OCH3 is 2. The molecule has 2 aliphatic rings. The Morgan fingerprint density at radius 1 is 0.271 bits per heavy atom. The zero-order valence-electron chi connectivity index (χ0n) is 67.1. The van der Waals surface area contributed by atoms with Crippen molar-refractivity contribution >= 4 is 23.9 Å². The first-order chi connectivity index (χ1) is 57.6. The monoisotopic (exact) mass is 1630 g/mol. The van der Waals surface area contributed by atoms with E-state index < -0.39 is 34.7 Å². The molecule has 10 rings (SSSR count). The highest BCUT2D eigenvalue weighted by Gasteiger charge is 2.49. The highest BCUT2D eigenvalue weighted by Crippen LogP contribution is 2.60. The number of ether oxygens (including phenoxy) is 18. The van der Waals surface area contributed by atoms with Crippen LogP contribution in [0.1, 0.15) is 108 Å². The van der Waals surface area contributed by atoms with Crippen molar-refractivity contribution in [1.82, 2.24) is 0 Å². The van der Waals surface area contributed by atoms with E-state index in [0.29, 0.717) is 122 Å². The van der Waals surface area contributed by atoms with Gasteiger partial charge in [0.2, 0.25) is 0 Å². The fourth-order valence-corrected chi connectivity index (χ4v) is 14.5. The lowest BCUT2D eigenvalue weighted by molar-refractivity contribution is 0.00435. The number of benzene rings is 8. The number of aliphatic hydroxyl groups is 2. The lowest BCUT2D eigenvalue weighted by Crippen LogP contribution is -2.30. The van der Waals surface area contributed by atoms with Crippen LogP contribution in [0.15, 0.2) is 146 Å². The van der Waals surface area contributed by atoms with Crippen molar-refractivity contribution in [3.05, 3.63) is 235 Å². The van der Waals surface area contributed by atoms with Crippen molar-refractivity contribution in [2.24, 2.45) is 0 Å². The van der Waals surface area contributed by atoms with Crippen molar-refractivity contribution in [1.29, 1.82) is 0 Å². The van der Waals surface area contributed by atoms with Crippen LogP contribution in [0.5, 0.6) is 23.0 Å². The SMILES string of the molecule is COCCOCCOCCOc1ccc(C2(c3ccc(COCCOCCOCCO)c(C(=O)O)c3)c3cc(C)ccc3-c3ccc(OCCOCCOCCOc4ccc5c(c4)C(c4ccc(COCCOCCOCCO)c(C(=O)O)c4)(c4ccc(OCCOCCOCCOC)c(C(=O)O)c4)c4cc(C)ccc4-5)cc32)cc1C(=O)O. The van der Waals surface area contributed by atoms with E-state index in [9.17, 15) is 39.6 Å². The van der Waals surface area contributed by atoms with Gasteiger partial charge >= 0.3 is 23.9 Å². The number of hydrogen-bond donors (Lipinski definition) is 6. The van der Waals surface area contributed by atoms with Crippen LogP contribution in [0.3, 0.4) is 0 Å². The molecular formula is C90H106O28. The number of carbonyl (C=O) groups is 4. The molecule has 118 heavy (non-hydrogen) atoms. The molecular weight excluding hydrogens is 1530 g/mol. The second-order valence-corrected chi connectivity index (χ2v) is 27.5. The number of rotatable bonds is 59. The van der Waals surface area contributed by atoms with Crippen LogP contribution >= 0.6 is 0 Å². The Bertz CT molecular complexity index is 4110. The summed E-state index contributed by atoms with van der Waals surface area (Å²) in [6.45, 7) is 10.2. The summed E-state index contributed by atoms with van der Waals surface area (Å²) in [5.74, 6) is -3.76. The van der Waals surface area contributed by atoms with Gasteiger partial charge in [-0.1, -0.05) is 96.1 Å². The molecule has 0 radical (unpaired) electrons. The molecule has 0 aliphatic heterocycles. The fourth-order valence-electron chi connectivity index (χ4n) is 14.5. The highest BCUT2D eigenvalue weighted by atomic mass is 16.6. The third-order valence-electron chi connectivity index (χ3n) is 19.8. The molecule has 0 saturated carbocycles. The van der Waals surface area contributed by atoms with E-state index in [1.807, 2.05) is 98.8 Å². The second-order valence-electron chi connectivity index (χ2n) is 27.5. The standard InChI is InChI=1S/C90H106O28/c1-61-5-15-71-73-17-13-69(57-81(73)89(79(71)51-61,65-9-7-63(75(53-65)85(93)94)59-113-41-39-107-31-29-103-23-21-91)67-11-19-83(77(55-67)87(97)98)117-49-45-111-35-33-105-27-25-101-3)115-47-43-109-37-38-110-44-48-116-70-14-18-74-72-16-6-62(2)52-80(72)90(82(74)58-70,66-10-8-64(76(54-66)86(95)96)60-114-42-40-108-32-30-104-24-22-92)68-12-20-84(78(56-68)88(99)100)118-50-46-112-36-34-106-28-26-102-4/h5-20,51-58,91-92H,21-50,59-60H2,1-4H3,(H,93,94)(H,95,96)(H,97,98)(H,99,100). The van der Waals surface area contributed by atoms with E-state index in [1.54, 1.807) is 74.9 Å². The molecule has 8 aromatic rings. The van der Waals surface area contributed by atoms with Gasteiger partial charge in [-0.3, -0.25) is 0 Å². The van der Waals surface area contributed by atoms with Gasteiger partial charge in [-0.2, -0.15) is 0 Å². The van der Waals surface area contributed by atoms with E-state index in [-0.39, 0.29) is 179 Å². The molecule has 634 valence electrons. The first kappa shape index (κ1) is 90.5. The van der Waals surface area contributed by atoms with Gasteiger partial charge in [0, 0.05) is 14.2 Å². The molecule has 8 aromatic carbocycles. The Balaban J connectivity index is 0.846. The Morgan fingerprint density at radius 3 is 0.847 bits per heavy atom. The molecule has 0 fully saturated rings.